The highest BCUT2D eigenvalue weighted by molar-refractivity contribution is 7.92. The van der Waals surface area contributed by atoms with E-state index in [0.29, 0.717) is 0 Å². The highest BCUT2D eigenvalue weighted by atomic mass is 32.2. The van der Waals surface area contributed by atoms with Gasteiger partial charge in [-0.25, -0.2) is 22.5 Å². The summed E-state index contributed by atoms with van der Waals surface area (Å²) < 4.78 is 39.0. The number of hydrogen-bond acceptors (Lipinski definition) is 5. The molecule has 0 saturated heterocycles. The Bertz CT molecular complexity index is 877. The predicted octanol–water partition coefficient (Wildman–Crippen LogP) is 0.727. The molecule has 0 atom stereocenters. The van der Waals surface area contributed by atoms with Gasteiger partial charge in [-0.2, -0.15) is 0 Å². The molecule has 2 aromatic rings. The molecule has 1 aromatic carbocycles. The second kappa shape index (κ2) is 6.57. The van der Waals surface area contributed by atoms with Crippen molar-refractivity contribution in [1.29, 1.82) is 0 Å². The molecular formula is C13H12FN3O5S. The van der Waals surface area contributed by atoms with Gasteiger partial charge < -0.3 is 5.11 Å². The van der Waals surface area contributed by atoms with Gasteiger partial charge in [0.2, 0.25) is 5.95 Å². The van der Waals surface area contributed by atoms with Crippen molar-refractivity contribution in [1.82, 2.24) is 9.97 Å². The van der Waals surface area contributed by atoms with E-state index in [2.05, 4.69) is 14.7 Å². The fraction of sp³-hybridized carbons (Fsp3) is 0.154. The Morgan fingerprint density at radius 1 is 1.30 bits per heavy atom. The summed E-state index contributed by atoms with van der Waals surface area (Å²) in [5, 5.41) is 8.57. The summed E-state index contributed by atoms with van der Waals surface area (Å²) in [5.74, 6) is -1.97. The fourth-order valence-corrected chi connectivity index (χ4v) is 2.66. The van der Waals surface area contributed by atoms with E-state index in [1.165, 1.54) is 0 Å². The van der Waals surface area contributed by atoms with Gasteiger partial charge >= 0.3 is 5.97 Å². The zero-order valence-electron chi connectivity index (χ0n) is 11.6. The molecule has 0 saturated carbocycles. The number of rotatable bonds is 6. The second-order valence-corrected chi connectivity index (χ2v) is 6.22. The van der Waals surface area contributed by atoms with Crippen LogP contribution in [0.15, 0.2) is 40.2 Å². The lowest BCUT2D eigenvalue weighted by molar-refractivity contribution is -0.136. The lowest BCUT2D eigenvalue weighted by Gasteiger charge is -2.07. The minimum Gasteiger partial charge on any atom is -0.481 e. The van der Waals surface area contributed by atoms with Gasteiger partial charge in [-0.15, -0.1) is 0 Å². The molecule has 0 aliphatic heterocycles. The van der Waals surface area contributed by atoms with Crippen LogP contribution in [0.25, 0.3) is 0 Å². The molecule has 0 aliphatic rings. The van der Waals surface area contributed by atoms with Crippen molar-refractivity contribution >= 4 is 21.9 Å². The molecule has 122 valence electrons. The van der Waals surface area contributed by atoms with Crippen LogP contribution in [-0.2, 0) is 21.2 Å². The van der Waals surface area contributed by atoms with Crippen molar-refractivity contribution in [2.24, 2.45) is 0 Å². The van der Waals surface area contributed by atoms with Crippen LogP contribution in [0.2, 0.25) is 0 Å². The third-order valence-corrected chi connectivity index (χ3v) is 4.19. The smallest absolute Gasteiger partial charge is 0.303 e. The zero-order chi connectivity index (χ0) is 17.0. The number of aromatic amines is 1. The van der Waals surface area contributed by atoms with Gasteiger partial charge in [0.1, 0.15) is 5.82 Å². The first-order chi connectivity index (χ1) is 10.8. The Morgan fingerprint density at radius 2 is 1.96 bits per heavy atom. The topological polar surface area (TPSA) is 129 Å². The Balaban J connectivity index is 2.20. The number of carboxylic acids is 1. The molecule has 0 aliphatic carbocycles. The van der Waals surface area contributed by atoms with E-state index in [1.807, 2.05) is 0 Å². The molecule has 0 amide bonds. The number of H-pyrrole nitrogens is 1. The number of hydrogen-bond donors (Lipinski definition) is 3. The number of anilines is 1. The molecule has 2 rings (SSSR count). The first-order valence-electron chi connectivity index (χ1n) is 6.36. The summed E-state index contributed by atoms with van der Waals surface area (Å²) in [7, 11) is -4.03. The molecule has 10 heteroatoms. The molecule has 1 heterocycles. The molecule has 0 fully saturated rings. The van der Waals surface area contributed by atoms with Gasteiger partial charge in [-0.05, 0) is 30.7 Å². The number of nitrogens with one attached hydrogen (secondary N) is 2. The van der Waals surface area contributed by atoms with Gasteiger partial charge in [0.15, 0.2) is 0 Å². The number of aromatic nitrogens is 2. The number of nitrogens with zero attached hydrogens (tertiary/aromatic N) is 1. The van der Waals surface area contributed by atoms with Crippen molar-refractivity contribution < 1.29 is 22.7 Å². The molecule has 0 unspecified atom stereocenters. The van der Waals surface area contributed by atoms with Gasteiger partial charge in [0, 0.05) is 18.2 Å². The van der Waals surface area contributed by atoms with Crippen LogP contribution in [0.4, 0.5) is 10.3 Å². The number of halogens is 1. The number of carboxylic acid groups (broad SMARTS) is 1. The van der Waals surface area contributed by atoms with Crippen LogP contribution in [0.3, 0.4) is 0 Å². The number of aryl methyl sites for hydroxylation is 1. The molecule has 23 heavy (non-hydrogen) atoms. The van der Waals surface area contributed by atoms with E-state index in [1.54, 1.807) is 0 Å². The minimum atomic E-state index is -4.03. The average Bonchev–Trinajstić information content (AvgIpc) is 2.46. The first kappa shape index (κ1) is 16.6. The van der Waals surface area contributed by atoms with Crippen molar-refractivity contribution in [2.75, 3.05) is 4.72 Å². The fourth-order valence-electron chi connectivity index (χ4n) is 1.69. The lowest BCUT2D eigenvalue weighted by atomic mass is 10.2. The van der Waals surface area contributed by atoms with E-state index in [-0.39, 0.29) is 29.2 Å². The summed E-state index contributed by atoms with van der Waals surface area (Å²) in [6.07, 6.45) is 0.832. The summed E-state index contributed by atoms with van der Waals surface area (Å²) in [6.45, 7) is 0. The van der Waals surface area contributed by atoms with Crippen molar-refractivity contribution in [3.8, 4) is 0 Å². The quantitative estimate of drug-likeness (QED) is 0.710. The maximum atomic E-state index is 12.8. The Morgan fingerprint density at radius 3 is 2.52 bits per heavy atom. The predicted molar refractivity (Wildman–Crippen MR) is 78.0 cm³/mol. The van der Waals surface area contributed by atoms with E-state index >= 15 is 0 Å². The van der Waals surface area contributed by atoms with E-state index in [9.17, 15) is 22.4 Å². The Labute approximate surface area is 130 Å². The van der Waals surface area contributed by atoms with E-state index in [4.69, 9.17) is 5.11 Å². The molecule has 0 bridgehead atoms. The normalized spacial score (nSPS) is 11.2. The monoisotopic (exact) mass is 341 g/mol. The van der Waals surface area contributed by atoms with Crippen molar-refractivity contribution in [3.63, 3.8) is 0 Å². The highest BCUT2D eigenvalue weighted by Crippen LogP contribution is 2.13. The Hall–Kier alpha value is -2.75. The number of carbonyl (C=O) groups is 1. The van der Waals surface area contributed by atoms with Crippen LogP contribution >= 0.6 is 0 Å². The van der Waals surface area contributed by atoms with Crippen LogP contribution in [-0.4, -0.2) is 29.5 Å². The van der Waals surface area contributed by atoms with E-state index < -0.39 is 27.4 Å². The van der Waals surface area contributed by atoms with Gasteiger partial charge in [0.05, 0.1) is 4.90 Å². The van der Waals surface area contributed by atoms with Crippen LogP contribution in [0.1, 0.15) is 12.0 Å². The van der Waals surface area contributed by atoms with Crippen LogP contribution < -0.4 is 10.3 Å². The molecule has 3 N–H and O–H groups in total. The van der Waals surface area contributed by atoms with Crippen molar-refractivity contribution in [2.45, 2.75) is 17.7 Å². The van der Waals surface area contributed by atoms with Crippen LogP contribution in [0, 0.1) is 5.82 Å². The standard InChI is InChI=1S/C13H12FN3O5S/c14-9-2-4-10(5-3-9)23(21,22)17-13-15-7-8(12(20)16-13)1-6-11(18)19/h2-5,7H,1,6H2,(H,18,19)(H2,15,16,17,20). The largest absolute Gasteiger partial charge is 0.481 e. The molecule has 8 nitrogen and oxygen atoms in total. The summed E-state index contributed by atoms with van der Waals surface area (Å²) in [4.78, 5) is 28.0. The third kappa shape index (κ3) is 4.36. The van der Waals surface area contributed by atoms with Crippen molar-refractivity contribution in [3.05, 3.63) is 52.2 Å². The summed E-state index contributed by atoms with van der Waals surface area (Å²) in [6, 6.07) is 4.10. The second-order valence-electron chi connectivity index (χ2n) is 4.54. The highest BCUT2D eigenvalue weighted by Gasteiger charge is 2.16. The van der Waals surface area contributed by atoms with E-state index in [0.717, 1.165) is 30.5 Å². The SMILES string of the molecule is O=C(O)CCc1cnc(NS(=O)(=O)c2ccc(F)cc2)[nH]c1=O. The number of sulfonamides is 1. The lowest BCUT2D eigenvalue weighted by Crippen LogP contribution is -2.21. The number of benzene rings is 1. The average molecular weight is 341 g/mol. The molecule has 0 spiro atoms. The zero-order valence-corrected chi connectivity index (χ0v) is 12.4. The summed E-state index contributed by atoms with van der Waals surface area (Å²) >= 11 is 0. The Kier molecular flexibility index (Phi) is 4.74. The summed E-state index contributed by atoms with van der Waals surface area (Å²) in [5.41, 5.74) is -0.518. The van der Waals surface area contributed by atoms with Gasteiger partial charge in [0.25, 0.3) is 15.6 Å². The third-order valence-electron chi connectivity index (χ3n) is 2.84. The maximum absolute atomic E-state index is 12.8. The molecule has 1 aromatic heterocycles. The van der Waals surface area contributed by atoms with Gasteiger partial charge in [-0.3, -0.25) is 14.6 Å². The first-order valence-corrected chi connectivity index (χ1v) is 7.84. The molecule has 0 radical (unpaired) electrons. The maximum Gasteiger partial charge on any atom is 0.303 e. The van der Waals surface area contributed by atoms with Crippen LogP contribution in [0.5, 0.6) is 0 Å². The molecular weight excluding hydrogens is 329 g/mol. The minimum absolute atomic E-state index is 0.0251. The van der Waals surface area contributed by atoms with Gasteiger partial charge in [-0.1, -0.05) is 0 Å². The number of aliphatic carboxylic acids is 1.